The molecule has 1 amide bonds. The molecule has 2 N–H and O–H groups in total. The number of aliphatic imine (C=N–C) groups is 1. The lowest BCUT2D eigenvalue weighted by atomic mass is 10.3. The lowest BCUT2D eigenvalue weighted by molar-refractivity contribution is -0.128. The maximum Gasteiger partial charge on any atom is 0.244 e. The molecule has 1 aliphatic rings. The molecule has 1 aromatic heterocycles. The predicted octanol–water partition coefficient (Wildman–Crippen LogP) is 1.000. The summed E-state index contributed by atoms with van der Waals surface area (Å²) in [6.07, 6.45) is 4.68. The Morgan fingerprint density at radius 2 is 2.19 bits per heavy atom. The number of hydrogen-bond acceptors (Lipinski definition) is 3. The van der Waals surface area contributed by atoms with Gasteiger partial charge in [-0.3, -0.25) is 4.79 Å². The maximum absolute atomic E-state index is 12.0. The second kappa shape index (κ2) is 8.34. The van der Waals surface area contributed by atoms with E-state index in [1.807, 2.05) is 24.0 Å². The molecule has 0 aliphatic carbocycles. The van der Waals surface area contributed by atoms with Crippen molar-refractivity contribution in [3.8, 4) is 0 Å². The number of carbonyl (C=O) groups excluding carboxylic acids is 1. The fourth-order valence-electron chi connectivity index (χ4n) is 2.31. The SMILES string of the molecule is CCNC(=NCC(=O)N1CCCC1)NCCc1ccco1. The van der Waals surface area contributed by atoms with Gasteiger partial charge in [-0.05, 0) is 31.9 Å². The lowest BCUT2D eigenvalue weighted by Crippen LogP contribution is -2.39. The van der Waals surface area contributed by atoms with Gasteiger partial charge in [0.2, 0.25) is 5.91 Å². The Morgan fingerprint density at radius 3 is 2.86 bits per heavy atom. The highest BCUT2D eigenvalue weighted by atomic mass is 16.3. The van der Waals surface area contributed by atoms with Crippen LogP contribution in [-0.2, 0) is 11.2 Å². The van der Waals surface area contributed by atoms with E-state index in [9.17, 15) is 4.79 Å². The number of rotatable bonds is 6. The van der Waals surface area contributed by atoms with Gasteiger partial charge in [0.15, 0.2) is 5.96 Å². The molecule has 0 spiro atoms. The zero-order valence-electron chi connectivity index (χ0n) is 12.6. The van der Waals surface area contributed by atoms with Crippen LogP contribution in [0.4, 0.5) is 0 Å². The molecule has 6 heteroatoms. The first-order chi connectivity index (χ1) is 10.3. The van der Waals surface area contributed by atoms with Crippen LogP contribution in [0.15, 0.2) is 27.8 Å². The van der Waals surface area contributed by atoms with Crippen LogP contribution in [0.3, 0.4) is 0 Å². The number of hydrogen-bond donors (Lipinski definition) is 2. The van der Waals surface area contributed by atoms with Gasteiger partial charge in [0.05, 0.1) is 6.26 Å². The molecule has 1 fully saturated rings. The number of amides is 1. The van der Waals surface area contributed by atoms with E-state index >= 15 is 0 Å². The maximum atomic E-state index is 12.0. The number of likely N-dealkylation sites (tertiary alicyclic amines) is 1. The van der Waals surface area contributed by atoms with Crippen molar-refractivity contribution in [3.63, 3.8) is 0 Å². The monoisotopic (exact) mass is 292 g/mol. The fraction of sp³-hybridized carbons (Fsp3) is 0.600. The Balaban J connectivity index is 1.76. The molecule has 1 aromatic rings. The van der Waals surface area contributed by atoms with E-state index in [2.05, 4.69) is 15.6 Å². The van der Waals surface area contributed by atoms with E-state index in [4.69, 9.17) is 4.42 Å². The molecule has 0 radical (unpaired) electrons. The molecule has 0 atom stereocenters. The summed E-state index contributed by atoms with van der Waals surface area (Å²) in [5.41, 5.74) is 0. The first kappa shape index (κ1) is 15.4. The van der Waals surface area contributed by atoms with Gasteiger partial charge in [-0.25, -0.2) is 4.99 Å². The second-order valence-corrected chi connectivity index (χ2v) is 5.04. The van der Waals surface area contributed by atoms with Crippen molar-refractivity contribution in [2.75, 3.05) is 32.7 Å². The van der Waals surface area contributed by atoms with E-state index in [-0.39, 0.29) is 12.5 Å². The van der Waals surface area contributed by atoms with Crippen molar-refractivity contribution < 1.29 is 9.21 Å². The van der Waals surface area contributed by atoms with Gasteiger partial charge in [0.25, 0.3) is 0 Å². The third-order valence-corrected chi connectivity index (χ3v) is 3.42. The molecule has 0 aromatic carbocycles. The van der Waals surface area contributed by atoms with Gasteiger partial charge in [0, 0.05) is 32.6 Å². The molecule has 116 valence electrons. The van der Waals surface area contributed by atoms with Crippen LogP contribution in [0.5, 0.6) is 0 Å². The lowest BCUT2D eigenvalue weighted by Gasteiger charge is -2.15. The molecule has 1 saturated heterocycles. The first-order valence-corrected chi connectivity index (χ1v) is 7.62. The van der Waals surface area contributed by atoms with Crippen molar-refractivity contribution in [3.05, 3.63) is 24.2 Å². The molecule has 2 rings (SSSR count). The average Bonchev–Trinajstić information content (AvgIpc) is 3.17. The molecule has 0 unspecified atom stereocenters. The van der Waals surface area contributed by atoms with Crippen LogP contribution >= 0.6 is 0 Å². The Hall–Kier alpha value is -1.98. The molecule has 0 saturated carbocycles. The zero-order chi connectivity index (χ0) is 14.9. The van der Waals surface area contributed by atoms with E-state index in [0.29, 0.717) is 5.96 Å². The fourth-order valence-corrected chi connectivity index (χ4v) is 2.31. The predicted molar refractivity (Wildman–Crippen MR) is 82.2 cm³/mol. The van der Waals surface area contributed by atoms with Crippen LogP contribution in [-0.4, -0.2) is 49.5 Å². The summed E-state index contributed by atoms with van der Waals surface area (Å²) >= 11 is 0. The summed E-state index contributed by atoms with van der Waals surface area (Å²) in [6.45, 7) is 5.44. The zero-order valence-corrected chi connectivity index (χ0v) is 12.6. The van der Waals surface area contributed by atoms with Gasteiger partial charge >= 0.3 is 0 Å². The van der Waals surface area contributed by atoms with Gasteiger partial charge in [-0.1, -0.05) is 0 Å². The Bertz CT molecular complexity index is 450. The summed E-state index contributed by atoms with van der Waals surface area (Å²) in [7, 11) is 0. The highest BCUT2D eigenvalue weighted by Crippen LogP contribution is 2.07. The average molecular weight is 292 g/mol. The topological polar surface area (TPSA) is 69.9 Å². The smallest absolute Gasteiger partial charge is 0.244 e. The number of nitrogens with zero attached hydrogens (tertiary/aromatic N) is 2. The van der Waals surface area contributed by atoms with E-state index in [1.165, 1.54) is 0 Å². The molecule has 6 nitrogen and oxygen atoms in total. The van der Waals surface area contributed by atoms with Crippen LogP contribution in [0.1, 0.15) is 25.5 Å². The molecule has 2 heterocycles. The van der Waals surface area contributed by atoms with E-state index < -0.39 is 0 Å². The van der Waals surface area contributed by atoms with Crippen LogP contribution < -0.4 is 10.6 Å². The molecule has 21 heavy (non-hydrogen) atoms. The van der Waals surface area contributed by atoms with E-state index in [1.54, 1.807) is 6.26 Å². The third-order valence-electron chi connectivity index (χ3n) is 3.42. The first-order valence-electron chi connectivity index (χ1n) is 7.62. The number of carbonyl (C=O) groups is 1. The minimum atomic E-state index is 0.107. The highest BCUT2D eigenvalue weighted by Gasteiger charge is 2.17. The quantitative estimate of drug-likeness (QED) is 0.606. The van der Waals surface area contributed by atoms with E-state index in [0.717, 1.165) is 51.2 Å². The third kappa shape index (κ3) is 5.13. The second-order valence-electron chi connectivity index (χ2n) is 5.04. The summed E-state index contributed by atoms with van der Waals surface area (Å²) < 4.78 is 5.28. The van der Waals surface area contributed by atoms with Crippen molar-refractivity contribution in [2.45, 2.75) is 26.2 Å². The van der Waals surface area contributed by atoms with Gasteiger partial charge in [-0.2, -0.15) is 0 Å². The molecular formula is C15H24N4O2. The van der Waals surface area contributed by atoms with Crippen molar-refractivity contribution in [1.82, 2.24) is 15.5 Å². The molecule has 0 bridgehead atoms. The van der Waals surface area contributed by atoms with Crippen LogP contribution in [0, 0.1) is 0 Å². The molecular weight excluding hydrogens is 268 g/mol. The summed E-state index contributed by atoms with van der Waals surface area (Å²) in [5, 5.41) is 6.36. The van der Waals surface area contributed by atoms with Crippen molar-refractivity contribution >= 4 is 11.9 Å². The number of furan rings is 1. The van der Waals surface area contributed by atoms with Crippen molar-refractivity contribution in [2.24, 2.45) is 4.99 Å². The largest absolute Gasteiger partial charge is 0.469 e. The minimum absolute atomic E-state index is 0.107. The molecule has 1 aliphatic heterocycles. The summed E-state index contributed by atoms with van der Waals surface area (Å²) in [6, 6.07) is 3.83. The van der Waals surface area contributed by atoms with Crippen LogP contribution in [0.25, 0.3) is 0 Å². The minimum Gasteiger partial charge on any atom is -0.469 e. The Labute approximate surface area is 125 Å². The van der Waals surface area contributed by atoms with Gasteiger partial charge in [0.1, 0.15) is 12.3 Å². The number of guanidine groups is 1. The Kier molecular flexibility index (Phi) is 6.12. The van der Waals surface area contributed by atoms with Crippen LogP contribution in [0.2, 0.25) is 0 Å². The van der Waals surface area contributed by atoms with Gasteiger partial charge < -0.3 is 20.0 Å². The standard InChI is InChI=1S/C15H24N4O2/c1-2-16-15(17-8-7-13-6-5-11-21-13)18-12-14(20)19-9-3-4-10-19/h5-6,11H,2-4,7-10,12H2,1H3,(H2,16,17,18). The Morgan fingerprint density at radius 1 is 1.38 bits per heavy atom. The summed E-state index contributed by atoms with van der Waals surface area (Å²) in [4.78, 5) is 18.2. The highest BCUT2D eigenvalue weighted by molar-refractivity contribution is 5.85. The number of nitrogens with one attached hydrogen (secondary N) is 2. The van der Waals surface area contributed by atoms with Crippen molar-refractivity contribution in [1.29, 1.82) is 0 Å². The van der Waals surface area contributed by atoms with Gasteiger partial charge in [-0.15, -0.1) is 0 Å². The summed E-state index contributed by atoms with van der Waals surface area (Å²) in [5.74, 6) is 1.72. The normalized spacial score (nSPS) is 15.3.